The molecule has 7 nitrogen and oxygen atoms in total. The predicted molar refractivity (Wildman–Crippen MR) is 96.0 cm³/mol. The van der Waals surface area contributed by atoms with Gasteiger partial charge in [-0.2, -0.15) is 0 Å². The first kappa shape index (κ1) is 19.7. The van der Waals surface area contributed by atoms with E-state index in [1.54, 1.807) is 30.3 Å². The van der Waals surface area contributed by atoms with E-state index in [1.807, 2.05) is 0 Å². The molecule has 0 aromatic heterocycles. The smallest absolute Gasteiger partial charge is 0.341 e. The molecule has 0 fully saturated rings. The molecule has 8 heteroatoms. The molecule has 26 heavy (non-hydrogen) atoms. The number of carbonyl (C=O) groups is 1. The Morgan fingerprint density at radius 3 is 2.42 bits per heavy atom. The first-order valence-corrected chi connectivity index (χ1v) is 9.14. The third-order valence-electron chi connectivity index (χ3n) is 3.67. The molecule has 0 bridgehead atoms. The maximum atomic E-state index is 12.2. The van der Waals surface area contributed by atoms with E-state index in [9.17, 15) is 13.2 Å². The number of esters is 1. The first-order chi connectivity index (χ1) is 12.3. The van der Waals surface area contributed by atoms with Crippen molar-refractivity contribution in [2.45, 2.75) is 11.5 Å². The quantitative estimate of drug-likeness (QED) is 0.687. The maximum Gasteiger partial charge on any atom is 0.341 e. The molecule has 0 N–H and O–H groups in total. The molecule has 0 aliphatic rings. The van der Waals surface area contributed by atoms with Gasteiger partial charge in [0.2, 0.25) is 10.0 Å². The first-order valence-electron chi connectivity index (χ1n) is 7.70. The van der Waals surface area contributed by atoms with Gasteiger partial charge in [0.15, 0.2) is 0 Å². The van der Waals surface area contributed by atoms with Crippen molar-refractivity contribution in [3.05, 3.63) is 53.6 Å². The average Bonchev–Trinajstić information content (AvgIpc) is 2.65. The van der Waals surface area contributed by atoms with E-state index >= 15 is 0 Å². The van der Waals surface area contributed by atoms with Crippen molar-refractivity contribution < 1.29 is 27.4 Å². The zero-order valence-electron chi connectivity index (χ0n) is 15.1. The Balaban J connectivity index is 2.28. The van der Waals surface area contributed by atoms with Crippen LogP contribution in [0.1, 0.15) is 15.9 Å². The monoisotopic (exact) mass is 379 g/mol. The van der Waals surface area contributed by atoms with Crippen LogP contribution in [0.15, 0.2) is 47.4 Å². The van der Waals surface area contributed by atoms with Crippen LogP contribution >= 0.6 is 0 Å². The van der Waals surface area contributed by atoms with Gasteiger partial charge in [-0.15, -0.1) is 0 Å². The van der Waals surface area contributed by atoms with E-state index in [4.69, 9.17) is 14.2 Å². The number of rotatable bonds is 7. The number of methoxy groups -OCH3 is 2. The van der Waals surface area contributed by atoms with Gasteiger partial charge in [0.25, 0.3) is 0 Å². The van der Waals surface area contributed by atoms with Gasteiger partial charge in [-0.1, -0.05) is 12.1 Å². The van der Waals surface area contributed by atoms with Crippen molar-refractivity contribution in [3.8, 4) is 11.5 Å². The summed E-state index contributed by atoms with van der Waals surface area (Å²) in [5.41, 5.74) is 0.900. The number of hydrogen-bond donors (Lipinski definition) is 0. The molecule has 0 atom stereocenters. The highest BCUT2D eigenvalue weighted by Crippen LogP contribution is 2.26. The van der Waals surface area contributed by atoms with Crippen LogP contribution in [0.25, 0.3) is 0 Å². The Labute approximate surface area is 153 Å². The van der Waals surface area contributed by atoms with Crippen LogP contribution in [-0.2, 0) is 21.4 Å². The summed E-state index contributed by atoms with van der Waals surface area (Å²) in [5, 5.41) is 0. The molecule has 0 amide bonds. The largest absolute Gasteiger partial charge is 0.497 e. The van der Waals surface area contributed by atoms with Crippen molar-refractivity contribution in [3.63, 3.8) is 0 Å². The van der Waals surface area contributed by atoms with E-state index < -0.39 is 16.0 Å². The highest BCUT2D eigenvalue weighted by Gasteiger charge is 2.18. The van der Waals surface area contributed by atoms with Crippen molar-refractivity contribution in [1.29, 1.82) is 0 Å². The molecule has 140 valence electrons. The van der Waals surface area contributed by atoms with Crippen LogP contribution in [0.4, 0.5) is 0 Å². The molecule has 0 unspecified atom stereocenters. The van der Waals surface area contributed by atoms with E-state index in [1.165, 1.54) is 40.4 Å². The lowest BCUT2D eigenvalue weighted by molar-refractivity contribution is 0.0595. The molecule has 0 aliphatic carbocycles. The van der Waals surface area contributed by atoms with Crippen LogP contribution in [0.3, 0.4) is 0 Å². The minimum atomic E-state index is -3.53. The number of benzene rings is 2. The van der Waals surface area contributed by atoms with Gasteiger partial charge >= 0.3 is 5.97 Å². The summed E-state index contributed by atoms with van der Waals surface area (Å²) in [6, 6.07) is 11.2. The topological polar surface area (TPSA) is 82.1 Å². The van der Waals surface area contributed by atoms with Gasteiger partial charge in [-0.05, 0) is 29.8 Å². The van der Waals surface area contributed by atoms with Crippen LogP contribution < -0.4 is 9.47 Å². The summed E-state index contributed by atoms with van der Waals surface area (Å²) in [6.07, 6.45) is 0. The van der Waals surface area contributed by atoms with E-state index in [0.29, 0.717) is 11.3 Å². The molecule has 2 aromatic rings. The Morgan fingerprint density at radius 1 is 1.08 bits per heavy atom. The van der Waals surface area contributed by atoms with Gasteiger partial charge in [0.05, 0.1) is 19.1 Å². The lowest BCUT2D eigenvalue weighted by Gasteiger charge is -2.14. The van der Waals surface area contributed by atoms with Crippen LogP contribution in [0.5, 0.6) is 11.5 Å². The van der Waals surface area contributed by atoms with E-state index in [0.717, 1.165) is 4.31 Å². The standard InChI is InChI=1S/C18H21NO6S/c1-19(2)26(21,22)15-7-5-6-13(10-15)12-25-17-11-14(23-3)8-9-16(17)18(20)24-4/h5-11H,12H2,1-4H3. The summed E-state index contributed by atoms with van der Waals surface area (Å²) >= 11 is 0. The van der Waals surface area contributed by atoms with Crippen molar-refractivity contribution >= 4 is 16.0 Å². The second-order valence-electron chi connectivity index (χ2n) is 5.58. The number of sulfonamides is 1. The normalized spacial score (nSPS) is 11.3. The molecule has 2 rings (SSSR count). The summed E-state index contributed by atoms with van der Waals surface area (Å²) in [6.45, 7) is 0.0773. The molecule has 0 saturated carbocycles. The third-order valence-corrected chi connectivity index (χ3v) is 5.48. The minimum Gasteiger partial charge on any atom is -0.497 e. The number of hydrogen-bond acceptors (Lipinski definition) is 6. The third kappa shape index (κ3) is 4.33. The van der Waals surface area contributed by atoms with Gasteiger partial charge in [0, 0.05) is 20.2 Å². The van der Waals surface area contributed by atoms with Crippen LogP contribution in [0.2, 0.25) is 0 Å². The van der Waals surface area contributed by atoms with Crippen LogP contribution in [-0.4, -0.2) is 47.0 Å². The Morgan fingerprint density at radius 2 is 1.81 bits per heavy atom. The SMILES string of the molecule is COC(=O)c1ccc(OC)cc1OCc1cccc(S(=O)(=O)N(C)C)c1. The lowest BCUT2D eigenvalue weighted by atomic mass is 10.2. The van der Waals surface area contributed by atoms with E-state index in [-0.39, 0.29) is 22.8 Å². The lowest BCUT2D eigenvalue weighted by Crippen LogP contribution is -2.22. The van der Waals surface area contributed by atoms with Crippen molar-refractivity contribution in [2.75, 3.05) is 28.3 Å². The average molecular weight is 379 g/mol. The summed E-state index contributed by atoms with van der Waals surface area (Å²) in [5.74, 6) is 0.278. The highest BCUT2D eigenvalue weighted by molar-refractivity contribution is 7.89. The second kappa shape index (κ2) is 8.20. The summed E-state index contributed by atoms with van der Waals surface area (Å²) in [7, 11) is 2.19. The number of nitrogens with zero attached hydrogens (tertiary/aromatic N) is 1. The summed E-state index contributed by atoms with van der Waals surface area (Å²) in [4.78, 5) is 12.0. The van der Waals surface area contributed by atoms with Crippen molar-refractivity contribution in [1.82, 2.24) is 4.31 Å². The Kier molecular flexibility index (Phi) is 6.23. The fraction of sp³-hybridized carbons (Fsp3) is 0.278. The molecule has 0 radical (unpaired) electrons. The maximum absolute atomic E-state index is 12.2. The molecular formula is C18H21NO6S. The Hall–Kier alpha value is -2.58. The zero-order valence-corrected chi connectivity index (χ0v) is 15.9. The molecule has 0 heterocycles. The molecular weight excluding hydrogens is 358 g/mol. The number of carbonyl (C=O) groups excluding carboxylic acids is 1. The predicted octanol–water partition coefficient (Wildman–Crippen LogP) is 2.31. The van der Waals surface area contributed by atoms with Crippen molar-refractivity contribution in [2.24, 2.45) is 0 Å². The number of ether oxygens (including phenoxy) is 3. The summed E-state index contributed by atoms with van der Waals surface area (Å²) < 4.78 is 41.2. The Bertz CT molecular complexity index is 892. The van der Waals surface area contributed by atoms with Crippen LogP contribution in [0, 0.1) is 0 Å². The van der Waals surface area contributed by atoms with Gasteiger partial charge in [-0.3, -0.25) is 0 Å². The zero-order chi connectivity index (χ0) is 19.3. The molecule has 0 aliphatic heterocycles. The van der Waals surface area contributed by atoms with E-state index in [2.05, 4.69) is 0 Å². The molecule has 0 spiro atoms. The second-order valence-corrected chi connectivity index (χ2v) is 7.73. The minimum absolute atomic E-state index is 0.0773. The van der Waals surface area contributed by atoms with Gasteiger partial charge < -0.3 is 14.2 Å². The molecule has 2 aromatic carbocycles. The fourth-order valence-electron chi connectivity index (χ4n) is 2.20. The van der Waals surface area contributed by atoms with Gasteiger partial charge in [-0.25, -0.2) is 17.5 Å². The highest BCUT2D eigenvalue weighted by atomic mass is 32.2. The van der Waals surface area contributed by atoms with Gasteiger partial charge in [0.1, 0.15) is 23.7 Å². The fourth-order valence-corrected chi connectivity index (χ4v) is 3.17. The molecule has 0 saturated heterocycles.